The molecule has 0 aliphatic heterocycles. The summed E-state index contributed by atoms with van der Waals surface area (Å²) in [6, 6.07) is 0. The van der Waals surface area contributed by atoms with Crippen molar-refractivity contribution in [2.45, 2.75) is 51.9 Å². The highest BCUT2D eigenvalue weighted by Gasteiger charge is 2.16. The van der Waals surface area contributed by atoms with Crippen LogP contribution in [0.3, 0.4) is 0 Å². The Bertz CT molecular complexity index is 108. The monoisotopic (exact) mass is 171 g/mol. The predicted octanol–water partition coefficient (Wildman–Crippen LogP) is 2.53. The van der Waals surface area contributed by atoms with Gasteiger partial charge in [0, 0.05) is 6.61 Å². The molecule has 0 aromatic heterocycles. The van der Waals surface area contributed by atoms with E-state index in [1.54, 1.807) is 0 Å². The van der Waals surface area contributed by atoms with E-state index in [9.17, 15) is 0 Å². The lowest BCUT2D eigenvalue weighted by Crippen LogP contribution is -2.24. The molecule has 1 radical (unpaired) electrons. The second-order valence-electron chi connectivity index (χ2n) is 3.22. The molecule has 0 heterocycles. The topological polar surface area (TPSA) is 18.5 Å². The Kier molecular flexibility index (Phi) is 4.62. The van der Waals surface area contributed by atoms with Gasteiger partial charge in [0.2, 0.25) is 0 Å². The summed E-state index contributed by atoms with van der Waals surface area (Å²) in [6.45, 7) is 4.68. The van der Waals surface area contributed by atoms with Crippen molar-refractivity contribution in [2.24, 2.45) is 0 Å². The van der Waals surface area contributed by atoms with E-state index in [-0.39, 0.29) is 6.29 Å². The van der Waals surface area contributed by atoms with Crippen molar-refractivity contribution in [3.8, 4) is 0 Å². The van der Waals surface area contributed by atoms with Crippen LogP contribution in [0.4, 0.5) is 0 Å². The van der Waals surface area contributed by atoms with Crippen LogP contribution in [0.2, 0.25) is 0 Å². The molecular weight excluding hydrogens is 152 g/mol. The van der Waals surface area contributed by atoms with E-state index in [1.807, 2.05) is 13.8 Å². The summed E-state index contributed by atoms with van der Waals surface area (Å²) in [5.74, 6) is 0. The number of ether oxygens (including phenoxy) is 2. The number of rotatable bonds is 4. The van der Waals surface area contributed by atoms with Gasteiger partial charge in [0.15, 0.2) is 6.29 Å². The molecular formula is C10H19O2. The summed E-state index contributed by atoms with van der Waals surface area (Å²) in [7, 11) is 0. The Morgan fingerprint density at radius 2 is 2.33 bits per heavy atom. The van der Waals surface area contributed by atoms with Crippen molar-refractivity contribution in [1.82, 2.24) is 0 Å². The van der Waals surface area contributed by atoms with Crippen LogP contribution in [-0.2, 0) is 9.47 Å². The maximum absolute atomic E-state index is 5.65. The minimum Gasteiger partial charge on any atom is -0.353 e. The highest BCUT2D eigenvalue weighted by Crippen LogP contribution is 2.20. The molecule has 1 fully saturated rings. The van der Waals surface area contributed by atoms with Crippen LogP contribution in [0.5, 0.6) is 0 Å². The molecule has 2 heteroatoms. The van der Waals surface area contributed by atoms with E-state index in [0.29, 0.717) is 6.10 Å². The summed E-state index contributed by atoms with van der Waals surface area (Å²) in [6.07, 6.45) is 7.53. The Morgan fingerprint density at radius 1 is 1.50 bits per heavy atom. The fourth-order valence-corrected chi connectivity index (χ4v) is 1.56. The average molecular weight is 171 g/mol. The molecule has 2 unspecified atom stereocenters. The minimum absolute atomic E-state index is 0.0469. The minimum atomic E-state index is -0.0469. The van der Waals surface area contributed by atoms with E-state index >= 15 is 0 Å². The standard InChI is InChI=1S/C10H19O2/c1-3-11-9(2)12-10-7-5-4-6-8-10/h7,9-10H,3-6,8H2,1-2H3. The van der Waals surface area contributed by atoms with Crippen molar-refractivity contribution < 1.29 is 9.47 Å². The molecule has 0 spiro atoms. The molecule has 2 atom stereocenters. The molecule has 0 bridgehead atoms. The third-order valence-corrected chi connectivity index (χ3v) is 2.14. The zero-order valence-corrected chi connectivity index (χ0v) is 8.08. The third-order valence-electron chi connectivity index (χ3n) is 2.14. The van der Waals surface area contributed by atoms with Crippen LogP contribution in [0, 0.1) is 6.42 Å². The highest BCUT2D eigenvalue weighted by atomic mass is 16.7. The molecule has 0 aromatic carbocycles. The van der Waals surface area contributed by atoms with Crippen LogP contribution in [0.1, 0.15) is 39.5 Å². The molecule has 0 saturated heterocycles. The van der Waals surface area contributed by atoms with Gasteiger partial charge in [-0.2, -0.15) is 0 Å². The van der Waals surface area contributed by atoms with E-state index in [1.165, 1.54) is 19.3 Å². The van der Waals surface area contributed by atoms with E-state index in [0.717, 1.165) is 13.0 Å². The van der Waals surface area contributed by atoms with Gasteiger partial charge in [0.25, 0.3) is 0 Å². The number of hydrogen-bond donors (Lipinski definition) is 0. The quantitative estimate of drug-likeness (QED) is 0.605. The number of hydrogen-bond acceptors (Lipinski definition) is 2. The van der Waals surface area contributed by atoms with Gasteiger partial charge in [0.1, 0.15) is 0 Å². The normalized spacial score (nSPS) is 22.5. The smallest absolute Gasteiger partial charge is 0.155 e. The molecule has 0 N–H and O–H groups in total. The second kappa shape index (κ2) is 5.55. The Morgan fingerprint density at radius 3 is 2.92 bits per heavy atom. The fourth-order valence-electron chi connectivity index (χ4n) is 1.56. The van der Waals surface area contributed by atoms with Gasteiger partial charge >= 0.3 is 0 Å². The largest absolute Gasteiger partial charge is 0.353 e. The Labute approximate surface area is 75.2 Å². The lowest BCUT2D eigenvalue weighted by Gasteiger charge is -2.25. The first-order valence-electron chi connectivity index (χ1n) is 4.93. The second-order valence-corrected chi connectivity index (χ2v) is 3.22. The van der Waals surface area contributed by atoms with Crippen LogP contribution in [0.25, 0.3) is 0 Å². The Hall–Kier alpha value is -0.0800. The Balaban J connectivity index is 2.11. The highest BCUT2D eigenvalue weighted by molar-refractivity contribution is 4.81. The maximum atomic E-state index is 5.65. The van der Waals surface area contributed by atoms with Gasteiger partial charge in [-0.1, -0.05) is 12.8 Å². The molecule has 1 rings (SSSR count). The average Bonchev–Trinajstić information content (AvgIpc) is 2.06. The van der Waals surface area contributed by atoms with Gasteiger partial charge in [-0.3, -0.25) is 0 Å². The van der Waals surface area contributed by atoms with E-state index in [4.69, 9.17) is 9.47 Å². The van der Waals surface area contributed by atoms with Gasteiger partial charge in [-0.15, -0.1) is 0 Å². The fraction of sp³-hybridized carbons (Fsp3) is 0.900. The summed E-state index contributed by atoms with van der Waals surface area (Å²) in [5.41, 5.74) is 0. The predicted molar refractivity (Wildman–Crippen MR) is 48.7 cm³/mol. The van der Waals surface area contributed by atoms with Crippen LogP contribution in [0.15, 0.2) is 0 Å². The van der Waals surface area contributed by atoms with Crippen LogP contribution < -0.4 is 0 Å². The summed E-state index contributed by atoms with van der Waals surface area (Å²) < 4.78 is 11.0. The van der Waals surface area contributed by atoms with Crippen molar-refractivity contribution in [2.75, 3.05) is 6.61 Å². The van der Waals surface area contributed by atoms with E-state index < -0.39 is 0 Å². The molecule has 0 amide bonds. The van der Waals surface area contributed by atoms with Gasteiger partial charge in [-0.25, -0.2) is 0 Å². The van der Waals surface area contributed by atoms with Crippen LogP contribution >= 0.6 is 0 Å². The molecule has 71 valence electrons. The molecule has 0 aromatic rings. The summed E-state index contributed by atoms with van der Waals surface area (Å²) in [4.78, 5) is 0. The molecule has 2 nitrogen and oxygen atoms in total. The van der Waals surface area contributed by atoms with Gasteiger partial charge < -0.3 is 9.47 Å². The van der Waals surface area contributed by atoms with Crippen LogP contribution in [-0.4, -0.2) is 19.0 Å². The lowest BCUT2D eigenvalue weighted by atomic mass is 9.98. The zero-order valence-electron chi connectivity index (χ0n) is 8.08. The SMILES string of the molecule is CCOC(C)OC1[CH]CCCC1. The van der Waals surface area contributed by atoms with Crippen molar-refractivity contribution in [1.29, 1.82) is 0 Å². The lowest BCUT2D eigenvalue weighted by molar-refractivity contribution is -0.153. The molecule has 1 aliphatic carbocycles. The van der Waals surface area contributed by atoms with Crippen molar-refractivity contribution in [3.63, 3.8) is 0 Å². The maximum Gasteiger partial charge on any atom is 0.155 e. The van der Waals surface area contributed by atoms with Crippen molar-refractivity contribution in [3.05, 3.63) is 6.42 Å². The van der Waals surface area contributed by atoms with Gasteiger partial charge in [-0.05, 0) is 33.1 Å². The molecule has 1 saturated carbocycles. The van der Waals surface area contributed by atoms with Gasteiger partial charge in [0.05, 0.1) is 6.10 Å². The summed E-state index contributed by atoms with van der Waals surface area (Å²) >= 11 is 0. The van der Waals surface area contributed by atoms with Crippen molar-refractivity contribution >= 4 is 0 Å². The molecule has 12 heavy (non-hydrogen) atoms. The van der Waals surface area contributed by atoms with E-state index in [2.05, 4.69) is 6.42 Å². The zero-order chi connectivity index (χ0) is 8.81. The third kappa shape index (κ3) is 3.55. The molecule has 1 aliphatic rings. The first kappa shape index (κ1) is 10.0. The summed E-state index contributed by atoms with van der Waals surface area (Å²) in [5, 5.41) is 0. The first-order chi connectivity index (χ1) is 5.83. The first-order valence-corrected chi connectivity index (χ1v) is 4.93.